The molecule has 0 saturated carbocycles. The highest BCUT2D eigenvalue weighted by molar-refractivity contribution is 5.97. The molecule has 0 fully saturated rings. The number of hydrogen-bond donors (Lipinski definition) is 2. The molecule has 0 radical (unpaired) electrons. The van der Waals surface area contributed by atoms with Crippen LogP contribution in [-0.4, -0.2) is 29.0 Å². The van der Waals surface area contributed by atoms with Crippen molar-refractivity contribution in [1.29, 1.82) is 0 Å². The van der Waals surface area contributed by atoms with Crippen LogP contribution in [0.25, 0.3) is 0 Å². The van der Waals surface area contributed by atoms with Gasteiger partial charge in [-0.2, -0.15) is 0 Å². The summed E-state index contributed by atoms with van der Waals surface area (Å²) in [5, 5.41) is 11.7. The summed E-state index contributed by atoms with van der Waals surface area (Å²) < 4.78 is 0. The summed E-state index contributed by atoms with van der Waals surface area (Å²) in [5.41, 5.74) is 9.02. The zero-order chi connectivity index (χ0) is 15.5. The first-order chi connectivity index (χ1) is 9.16. The van der Waals surface area contributed by atoms with Crippen LogP contribution in [0.15, 0.2) is 23.4 Å². The van der Waals surface area contributed by atoms with E-state index in [2.05, 4.69) is 57.8 Å². The van der Waals surface area contributed by atoms with Crippen LogP contribution in [0.1, 0.15) is 44.4 Å². The van der Waals surface area contributed by atoms with E-state index in [0.29, 0.717) is 6.04 Å². The van der Waals surface area contributed by atoms with Gasteiger partial charge in [0.2, 0.25) is 0 Å². The summed E-state index contributed by atoms with van der Waals surface area (Å²) in [5.74, 6) is 0.149. The predicted octanol–water partition coefficient (Wildman–Crippen LogP) is 2.96. The highest BCUT2D eigenvalue weighted by Crippen LogP contribution is 2.25. The van der Waals surface area contributed by atoms with E-state index in [9.17, 15) is 0 Å². The third-order valence-corrected chi connectivity index (χ3v) is 4.08. The van der Waals surface area contributed by atoms with Crippen molar-refractivity contribution < 1.29 is 5.21 Å². The molecule has 3 N–H and O–H groups in total. The Bertz CT molecular complexity index is 489. The van der Waals surface area contributed by atoms with Gasteiger partial charge in [-0.1, -0.05) is 38.1 Å². The largest absolute Gasteiger partial charge is 0.409 e. The number of nitrogens with zero attached hydrogens (tertiary/aromatic N) is 2. The van der Waals surface area contributed by atoms with Gasteiger partial charge in [-0.05, 0) is 43.5 Å². The first kappa shape index (κ1) is 16.5. The van der Waals surface area contributed by atoms with Crippen LogP contribution >= 0.6 is 0 Å². The van der Waals surface area contributed by atoms with Crippen molar-refractivity contribution >= 4 is 5.84 Å². The summed E-state index contributed by atoms with van der Waals surface area (Å²) in [6, 6.07) is 6.38. The number of oxime groups is 1. The topological polar surface area (TPSA) is 61.9 Å². The molecule has 20 heavy (non-hydrogen) atoms. The highest BCUT2D eigenvalue weighted by Gasteiger charge is 2.24. The Hall–Kier alpha value is -1.55. The number of aryl methyl sites for hydroxylation is 1. The maximum Gasteiger partial charge on any atom is 0.170 e. The smallest absolute Gasteiger partial charge is 0.170 e. The SMILES string of the molecule is Cc1cc(/C(N)=N/O)ccc1CN(C)C(C)C(C)(C)C. The Labute approximate surface area is 122 Å². The van der Waals surface area contributed by atoms with Gasteiger partial charge in [0, 0.05) is 18.2 Å². The minimum absolute atomic E-state index is 0.149. The third kappa shape index (κ3) is 3.97. The van der Waals surface area contributed by atoms with Crippen LogP contribution in [0.4, 0.5) is 0 Å². The average Bonchev–Trinajstić information content (AvgIpc) is 2.38. The van der Waals surface area contributed by atoms with Crippen LogP contribution in [0.3, 0.4) is 0 Å². The van der Waals surface area contributed by atoms with Crippen LogP contribution in [-0.2, 0) is 6.54 Å². The highest BCUT2D eigenvalue weighted by atomic mass is 16.4. The summed E-state index contributed by atoms with van der Waals surface area (Å²) in [7, 11) is 2.15. The van der Waals surface area contributed by atoms with Crippen LogP contribution < -0.4 is 5.73 Å². The summed E-state index contributed by atoms with van der Waals surface area (Å²) in [6.07, 6.45) is 0. The number of rotatable bonds is 4. The van der Waals surface area contributed by atoms with Crippen molar-refractivity contribution in [3.8, 4) is 0 Å². The zero-order valence-electron chi connectivity index (χ0n) is 13.4. The molecule has 4 heteroatoms. The van der Waals surface area contributed by atoms with Crippen molar-refractivity contribution in [2.75, 3.05) is 7.05 Å². The Kier molecular flexibility index (Phi) is 5.17. The quantitative estimate of drug-likeness (QED) is 0.385. The van der Waals surface area contributed by atoms with E-state index in [1.54, 1.807) is 0 Å². The monoisotopic (exact) mass is 277 g/mol. The Balaban J connectivity index is 2.89. The first-order valence-electron chi connectivity index (χ1n) is 6.94. The van der Waals surface area contributed by atoms with Crippen molar-refractivity contribution in [2.24, 2.45) is 16.3 Å². The normalized spacial score (nSPS) is 14.7. The van der Waals surface area contributed by atoms with Crippen molar-refractivity contribution in [2.45, 2.75) is 47.2 Å². The molecule has 1 aromatic carbocycles. The van der Waals surface area contributed by atoms with E-state index >= 15 is 0 Å². The lowest BCUT2D eigenvalue weighted by atomic mass is 9.87. The molecule has 1 atom stereocenters. The van der Waals surface area contributed by atoms with Gasteiger partial charge >= 0.3 is 0 Å². The lowest BCUT2D eigenvalue weighted by molar-refractivity contribution is 0.134. The second kappa shape index (κ2) is 6.27. The number of amidine groups is 1. The van der Waals surface area contributed by atoms with E-state index in [-0.39, 0.29) is 11.3 Å². The lowest BCUT2D eigenvalue weighted by Gasteiger charge is -2.35. The maximum atomic E-state index is 8.71. The minimum atomic E-state index is 0.149. The Morgan fingerprint density at radius 1 is 1.40 bits per heavy atom. The molecule has 1 unspecified atom stereocenters. The maximum absolute atomic E-state index is 8.71. The van der Waals surface area contributed by atoms with E-state index in [4.69, 9.17) is 10.9 Å². The van der Waals surface area contributed by atoms with Gasteiger partial charge in [-0.25, -0.2) is 0 Å². The molecule has 0 amide bonds. The van der Waals surface area contributed by atoms with Gasteiger partial charge in [-0.15, -0.1) is 0 Å². The lowest BCUT2D eigenvalue weighted by Crippen LogP contribution is -2.38. The van der Waals surface area contributed by atoms with E-state index in [1.165, 1.54) is 5.56 Å². The van der Waals surface area contributed by atoms with E-state index < -0.39 is 0 Å². The van der Waals surface area contributed by atoms with E-state index in [0.717, 1.165) is 17.7 Å². The zero-order valence-corrected chi connectivity index (χ0v) is 13.4. The first-order valence-corrected chi connectivity index (χ1v) is 6.94. The predicted molar refractivity (Wildman–Crippen MR) is 84.1 cm³/mol. The number of nitrogens with two attached hydrogens (primary N) is 1. The van der Waals surface area contributed by atoms with Crippen LogP contribution in [0.2, 0.25) is 0 Å². The van der Waals surface area contributed by atoms with Gasteiger partial charge in [0.05, 0.1) is 0 Å². The Morgan fingerprint density at radius 2 is 2.00 bits per heavy atom. The molecule has 0 aliphatic rings. The molecule has 0 aliphatic carbocycles. The standard InChI is InChI=1S/C16H27N3O/c1-11-9-13(15(17)18-20)7-8-14(11)10-19(6)12(2)16(3,4)5/h7-9,12,20H,10H2,1-6H3,(H2,17,18). The second-order valence-corrected chi connectivity index (χ2v) is 6.58. The fraction of sp³-hybridized carbons (Fsp3) is 0.562. The van der Waals surface area contributed by atoms with Crippen molar-refractivity contribution in [3.05, 3.63) is 34.9 Å². The van der Waals surface area contributed by atoms with Crippen LogP contribution in [0.5, 0.6) is 0 Å². The molecule has 0 bridgehead atoms. The van der Waals surface area contributed by atoms with Gasteiger partial charge in [0.25, 0.3) is 0 Å². The molecule has 112 valence electrons. The number of benzene rings is 1. The molecule has 1 rings (SSSR count). The molecule has 0 spiro atoms. The van der Waals surface area contributed by atoms with Gasteiger partial charge in [0.1, 0.15) is 0 Å². The van der Waals surface area contributed by atoms with Gasteiger partial charge in [0.15, 0.2) is 5.84 Å². The third-order valence-electron chi connectivity index (χ3n) is 4.08. The molecular weight excluding hydrogens is 250 g/mol. The fourth-order valence-electron chi connectivity index (χ4n) is 2.16. The van der Waals surface area contributed by atoms with E-state index in [1.807, 2.05) is 12.1 Å². The molecule has 0 aliphatic heterocycles. The molecule has 0 saturated heterocycles. The summed E-state index contributed by atoms with van der Waals surface area (Å²) >= 11 is 0. The Morgan fingerprint density at radius 3 is 2.45 bits per heavy atom. The molecule has 0 heterocycles. The molecule has 4 nitrogen and oxygen atoms in total. The van der Waals surface area contributed by atoms with Gasteiger partial charge in [-0.3, -0.25) is 4.90 Å². The van der Waals surface area contributed by atoms with Crippen molar-refractivity contribution in [1.82, 2.24) is 4.90 Å². The minimum Gasteiger partial charge on any atom is -0.409 e. The van der Waals surface area contributed by atoms with Crippen molar-refractivity contribution in [3.63, 3.8) is 0 Å². The summed E-state index contributed by atoms with van der Waals surface area (Å²) in [6.45, 7) is 12.0. The molecule has 1 aromatic rings. The van der Waals surface area contributed by atoms with Gasteiger partial charge < -0.3 is 10.9 Å². The average molecular weight is 277 g/mol. The number of hydrogen-bond acceptors (Lipinski definition) is 3. The molecule has 0 aromatic heterocycles. The summed E-state index contributed by atoms with van der Waals surface area (Å²) in [4.78, 5) is 2.35. The fourth-order valence-corrected chi connectivity index (χ4v) is 2.16. The second-order valence-electron chi connectivity index (χ2n) is 6.58. The van der Waals surface area contributed by atoms with Crippen LogP contribution in [0, 0.1) is 12.3 Å². The molecular formula is C16H27N3O.